The third kappa shape index (κ3) is 3.14. The maximum atomic E-state index is 12.3. The van der Waals surface area contributed by atoms with Gasteiger partial charge >= 0.3 is 5.69 Å². The molecule has 3 atom stereocenters. The number of hydrogen-bond donors (Lipinski definition) is 3. The summed E-state index contributed by atoms with van der Waals surface area (Å²) in [4.78, 5) is 19.8. The highest BCUT2D eigenvalue weighted by Crippen LogP contribution is 2.30. The molecule has 5 rings (SSSR count). The van der Waals surface area contributed by atoms with Crippen LogP contribution in [0.4, 0.5) is 0 Å². The van der Waals surface area contributed by atoms with Crippen molar-refractivity contribution in [2.24, 2.45) is 0 Å². The van der Waals surface area contributed by atoms with Crippen LogP contribution < -0.4 is 11.0 Å². The molecule has 0 radical (unpaired) electrons. The predicted octanol–water partition coefficient (Wildman–Crippen LogP) is 2.86. The average Bonchev–Trinajstić information content (AvgIpc) is 3.18. The molecule has 0 spiro atoms. The van der Waals surface area contributed by atoms with Gasteiger partial charge < -0.3 is 20.0 Å². The Morgan fingerprint density at radius 2 is 2.10 bits per heavy atom. The third-order valence-corrected chi connectivity index (χ3v) is 6.32. The number of imidazole rings is 2. The highest BCUT2D eigenvalue weighted by molar-refractivity contribution is 5.80. The van der Waals surface area contributed by atoms with Crippen molar-refractivity contribution >= 4 is 22.1 Å². The maximum Gasteiger partial charge on any atom is 0.326 e. The van der Waals surface area contributed by atoms with E-state index < -0.39 is 6.10 Å². The summed E-state index contributed by atoms with van der Waals surface area (Å²) < 4.78 is 4.00. The number of rotatable bonds is 5. The SMILES string of the molecule is Cc1nc2ccccc2n1CC[C@@H](C)N[C@@H]1CCn2c(=O)[nH]c3cccc(c32)[C@H]1O. The molecule has 1 aliphatic rings. The molecule has 0 saturated heterocycles. The van der Waals surface area contributed by atoms with E-state index in [-0.39, 0.29) is 17.8 Å². The highest BCUT2D eigenvalue weighted by Gasteiger charge is 2.29. The molecule has 3 heterocycles. The first-order valence-corrected chi connectivity index (χ1v) is 10.6. The van der Waals surface area contributed by atoms with E-state index in [1.165, 1.54) is 0 Å². The van der Waals surface area contributed by atoms with Crippen LogP contribution in [0.25, 0.3) is 22.1 Å². The molecule has 2 aromatic carbocycles. The van der Waals surface area contributed by atoms with Gasteiger partial charge in [-0.1, -0.05) is 24.3 Å². The zero-order valence-electron chi connectivity index (χ0n) is 17.3. The first-order chi connectivity index (χ1) is 14.5. The predicted molar refractivity (Wildman–Crippen MR) is 118 cm³/mol. The lowest BCUT2D eigenvalue weighted by molar-refractivity contribution is 0.118. The van der Waals surface area contributed by atoms with E-state index in [9.17, 15) is 9.90 Å². The fourth-order valence-corrected chi connectivity index (χ4v) is 4.77. The summed E-state index contributed by atoms with van der Waals surface area (Å²) in [6.07, 6.45) is 0.956. The minimum atomic E-state index is -0.657. The Morgan fingerprint density at radius 1 is 1.27 bits per heavy atom. The zero-order chi connectivity index (χ0) is 20.8. The number of aliphatic hydroxyl groups excluding tert-OH is 1. The molecule has 1 aliphatic heterocycles. The maximum absolute atomic E-state index is 12.3. The summed E-state index contributed by atoms with van der Waals surface area (Å²) in [5, 5.41) is 14.7. The minimum Gasteiger partial charge on any atom is -0.387 e. The van der Waals surface area contributed by atoms with Gasteiger partial charge in [-0.15, -0.1) is 0 Å². The summed E-state index contributed by atoms with van der Waals surface area (Å²) in [7, 11) is 0. The molecule has 0 amide bonds. The van der Waals surface area contributed by atoms with Gasteiger partial charge in [0.25, 0.3) is 0 Å². The molecule has 0 unspecified atom stereocenters. The molecule has 7 heteroatoms. The van der Waals surface area contributed by atoms with Crippen LogP contribution in [0.5, 0.6) is 0 Å². The number of aromatic amines is 1. The second-order valence-electron chi connectivity index (χ2n) is 8.32. The number of aromatic nitrogens is 4. The molecule has 156 valence electrons. The molecule has 2 aromatic heterocycles. The molecular weight excluding hydrogens is 378 g/mol. The van der Waals surface area contributed by atoms with Crippen molar-refractivity contribution in [3.05, 3.63) is 64.3 Å². The number of aliphatic hydroxyl groups is 1. The number of benzene rings is 2. The Balaban J connectivity index is 1.32. The van der Waals surface area contributed by atoms with Crippen LogP contribution in [0.1, 0.15) is 37.3 Å². The highest BCUT2D eigenvalue weighted by atomic mass is 16.3. The molecule has 4 aromatic rings. The number of hydrogen-bond acceptors (Lipinski definition) is 4. The average molecular weight is 406 g/mol. The molecule has 3 N–H and O–H groups in total. The standard InChI is InChI=1S/C23H27N5O2/c1-14(10-12-27-15(2)25-17-7-3-4-9-20(17)27)24-19-11-13-28-21-16(22(19)29)6-5-8-18(21)26-23(28)30/h3-9,14,19,22,24,29H,10-13H2,1-2H3,(H,26,30)/t14-,19-,22-/m1/s1. The van der Waals surface area contributed by atoms with Crippen molar-refractivity contribution in [2.75, 3.05) is 0 Å². The van der Waals surface area contributed by atoms with Gasteiger partial charge in [-0.3, -0.25) is 4.57 Å². The van der Waals surface area contributed by atoms with Gasteiger partial charge in [0.15, 0.2) is 0 Å². The van der Waals surface area contributed by atoms with Crippen LogP contribution in [-0.4, -0.2) is 36.3 Å². The molecule has 0 aliphatic carbocycles. The van der Waals surface area contributed by atoms with Gasteiger partial charge in [0, 0.05) is 30.7 Å². The van der Waals surface area contributed by atoms with Gasteiger partial charge in [0.05, 0.1) is 28.2 Å². The lowest BCUT2D eigenvalue weighted by atomic mass is 9.99. The van der Waals surface area contributed by atoms with E-state index in [2.05, 4.69) is 32.8 Å². The van der Waals surface area contributed by atoms with Crippen molar-refractivity contribution in [3.63, 3.8) is 0 Å². The summed E-state index contributed by atoms with van der Waals surface area (Å²) in [5.74, 6) is 1.02. The van der Waals surface area contributed by atoms with E-state index in [0.717, 1.165) is 46.4 Å². The second kappa shape index (κ2) is 7.41. The van der Waals surface area contributed by atoms with Crippen LogP contribution in [0.3, 0.4) is 0 Å². The van der Waals surface area contributed by atoms with E-state index in [1.54, 1.807) is 4.57 Å². The van der Waals surface area contributed by atoms with Gasteiger partial charge in [0.1, 0.15) is 5.82 Å². The quantitative estimate of drug-likeness (QED) is 0.476. The van der Waals surface area contributed by atoms with Gasteiger partial charge in [-0.2, -0.15) is 0 Å². The topological polar surface area (TPSA) is 87.9 Å². The lowest BCUT2D eigenvalue weighted by Crippen LogP contribution is -2.41. The van der Waals surface area contributed by atoms with E-state index >= 15 is 0 Å². The van der Waals surface area contributed by atoms with Gasteiger partial charge in [-0.05, 0) is 44.9 Å². The second-order valence-corrected chi connectivity index (χ2v) is 8.32. The number of para-hydroxylation sites is 3. The third-order valence-electron chi connectivity index (χ3n) is 6.32. The summed E-state index contributed by atoms with van der Waals surface area (Å²) in [6.45, 7) is 5.64. The Hall–Kier alpha value is -2.90. The van der Waals surface area contributed by atoms with Crippen LogP contribution in [-0.2, 0) is 13.1 Å². The van der Waals surface area contributed by atoms with E-state index in [4.69, 9.17) is 0 Å². The first-order valence-electron chi connectivity index (χ1n) is 10.6. The zero-order valence-corrected chi connectivity index (χ0v) is 17.3. The van der Waals surface area contributed by atoms with Crippen LogP contribution in [0.15, 0.2) is 47.3 Å². The Kier molecular flexibility index (Phi) is 4.72. The Morgan fingerprint density at radius 3 is 2.97 bits per heavy atom. The molecular formula is C23H27N5O2. The van der Waals surface area contributed by atoms with Crippen molar-refractivity contribution < 1.29 is 5.11 Å². The largest absolute Gasteiger partial charge is 0.387 e. The molecule has 0 saturated carbocycles. The van der Waals surface area contributed by atoms with Crippen molar-refractivity contribution in [3.8, 4) is 0 Å². The van der Waals surface area contributed by atoms with Crippen LogP contribution in [0.2, 0.25) is 0 Å². The smallest absolute Gasteiger partial charge is 0.326 e. The van der Waals surface area contributed by atoms with Gasteiger partial charge in [-0.25, -0.2) is 9.78 Å². The molecule has 0 fully saturated rings. The Labute approximate surface area is 174 Å². The number of nitrogens with one attached hydrogen (secondary N) is 2. The van der Waals surface area contributed by atoms with Crippen molar-refractivity contribution in [2.45, 2.75) is 58.0 Å². The van der Waals surface area contributed by atoms with Gasteiger partial charge in [0.2, 0.25) is 0 Å². The monoisotopic (exact) mass is 405 g/mol. The van der Waals surface area contributed by atoms with Crippen molar-refractivity contribution in [1.29, 1.82) is 0 Å². The van der Waals surface area contributed by atoms with Crippen LogP contribution in [0, 0.1) is 6.92 Å². The minimum absolute atomic E-state index is 0.106. The van der Waals surface area contributed by atoms with Crippen LogP contribution >= 0.6 is 0 Å². The number of fused-ring (bicyclic) bond motifs is 1. The van der Waals surface area contributed by atoms with E-state index in [1.807, 2.05) is 43.3 Å². The fraction of sp³-hybridized carbons (Fsp3) is 0.391. The molecule has 0 bridgehead atoms. The number of nitrogens with zero attached hydrogens (tertiary/aromatic N) is 3. The normalized spacial score (nSPS) is 20.0. The lowest BCUT2D eigenvalue weighted by Gasteiger charge is -2.27. The fourth-order valence-electron chi connectivity index (χ4n) is 4.77. The van der Waals surface area contributed by atoms with E-state index in [0.29, 0.717) is 13.0 Å². The first kappa shape index (κ1) is 19.1. The number of aryl methyl sites for hydroxylation is 3. The Bertz CT molecular complexity index is 1270. The summed E-state index contributed by atoms with van der Waals surface area (Å²) in [6, 6.07) is 14.0. The van der Waals surface area contributed by atoms with Crippen molar-refractivity contribution in [1.82, 2.24) is 24.4 Å². The summed E-state index contributed by atoms with van der Waals surface area (Å²) >= 11 is 0. The molecule has 7 nitrogen and oxygen atoms in total. The summed E-state index contributed by atoms with van der Waals surface area (Å²) in [5.41, 5.74) is 4.49. The number of H-pyrrole nitrogens is 1. The molecule has 30 heavy (non-hydrogen) atoms.